The molecule has 6 nitrogen and oxygen atoms in total. The zero-order valence-electron chi connectivity index (χ0n) is 14.9. The number of hydrogen-bond donors (Lipinski definition) is 1. The number of carbonyl (C=O) groups is 2. The molecule has 2 aliphatic heterocycles. The normalized spacial score (nSPS) is 19.7. The topological polar surface area (TPSA) is 67.2 Å². The molecule has 1 aromatic carbocycles. The van der Waals surface area contributed by atoms with Crippen LogP contribution in [0, 0.1) is 5.92 Å². The Kier molecular flexibility index (Phi) is 4.73. The molecule has 1 saturated heterocycles. The summed E-state index contributed by atoms with van der Waals surface area (Å²) < 4.78 is 1.98. The number of imidazole rings is 1. The SMILES string of the molecule is O=C(Nc1ccccc1)c1ncn2c1CCC(C(=O)N1CCCCC1)C2. The number of likely N-dealkylation sites (tertiary alicyclic amines) is 1. The Labute approximate surface area is 153 Å². The quantitative estimate of drug-likeness (QED) is 0.923. The van der Waals surface area contributed by atoms with Crippen LogP contribution in [0.1, 0.15) is 41.9 Å². The van der Waals surface area contributed by atoms with Gasteiger partial charge in [0.2, 0.25) is 5.91 Å². The van der Waals surface area contributed by atoms with Crippen LogP contribution in [0.5, 0.6) is 0 Å². The highest BCUT2D eigenvalue weighted by Crippen LogP contribution is 2.25. The van der Waals surface area contributed by atoms with Crippen molar-refractivity contribution >= 4 is 17.5 Å². The first-order valence-electron chi connectivity index (χ1n) is 9.41. The maximum absolute atomic E-state index is 12.8. The lowest BCUT2D eigenvalue weighted by Crippen LogP contribution is -2.42. The van der Waals surface area contributed by atoms with Gasteiger partial charge < -0.3 is 14.8 Å². The van der Waals surface area contributed by atoms with Gasteiger partial charge in [-0.1, -0.05) is 18.2 Å². The van der Waals surface area contributed by atoms with E-state index in [1.54, 1.807) is 6.33 Å². The van der Waals surface area contributed by atoms with Crippen LogP contribution < -0.4 is 5.32 Å². The highest BCUT2D eigenvalue weighted by Gasteiger charge is 2.31. The van der Waals surface area contributed by atoms with E-state index in [2.05, 4.69) is 10.3 Å². The minimum atomic E-state index is -0.189. The minimum absolute atomic E-state index is 0.000153. The zero-order valence-corrected chi connectivity index (χ0v) is 14.9. The van der Waals surface area contributed by atoms with Gasteiger partial charge in [-0.05, 0) is 44.2 Å². The second-order valence-electron chi connectivity index (χ2n) is 7.13. The molecule has 6 heteroatoms. The molecule has 0 aliphatic carbocycles. The van der Waals surface area contributed by atoms with E-state index in [4.69, 9.17) is 0 Å². The van der Waals surface area contributed by atoms with Crippen LogP contribution in [-0.4, -0.2) is 39.4 Å². The summed E-state index contributed by atoms with van der Waals surface area (Å²) in [5, 5.41) is 2.89. The molecular weight excluding hydrogens is 328 g/mol. The predicted octanol–water partition coefficient (Wildman–Crippen LogP) is 2.71. The Hall–Kier alpha value is -2.63. The highest BCUT2D eigenvalue weighted by molar-refractivity contribution is 6.03. The van der Waals surface area contributed by atoms with Crippen LogP contribution in [0.4, 0.5) is 5.69 Å². The lowest BCUT2D eigenvalue weighted by Gasteiger charge is -2.32. The summed E-state index contributed by atoms with van der Waals surface area (Å²) in [5.74, 6) is 0.0740. The number of hydrogen-bond acceptors (Lipinski definition) is 3. The van der Waals surface area contributed by atoms with Crippen molar-refractivity contribution in [1.82, 2.24) is 14.5 Å². The molecular formula is C20H24N4O2. The molecule has 2 aromatic rings. The van der Waals surface area contributed by atoms with Gasteiger partial charge >= 0.3 is 0 Å². The molecule has 136 valence electrons. The molecule has 2 amide bonds. The van der Waals surface area contributed by atoms with Gasteiger partial charge in [-0.25, -0.2) is 4.98 Å². The summed E-state index contributed by atoms with van der Waals surface area (Å²) in [7, 11) is 0. The Bertz CT molecular complexity index is 793. The molecule has 1 fully saturated rings. The van der Waals surface area contributed by atoms with Crippen molar-refractivity contribution in [2.24, 2.45) is 5.92 Å². The van der Waals surface area contributed by atoms with Gasteiger partial charge in [0, 0.05) is 25.3 Å². The molecule has 0 spiro atoms. The Balaban J connectivity index is 1.45. The predicted molar refractivity (Wildman–Crippen MR) is 98.9 cm³/mol. The fourth-order valence-corrected chi connectivity index (χ4v) is 3.94. The van der Waals surface area contributed by atoms with Gasteiger partial charge in [0.15, 0.2) is 0 Å². The number of piperidine rings is 1. The molecule has 0 bridgehead atoms. The van der Waals surface area contributed by atoms with E-state index in [1.807, 2.05) is 39.8 Å². The van der Waals surface area contributed by atoms with Crippen LogP contribution in [-0.2, 0) is 17.8 Å². The summed E-state index contributed by atoms with van der Waals surface area (Å²) >= 11 is 0. The number of para-hydroxylation sites is 1. The first-order valence-corrected chi connectivity index (χ1v) is 9.41. The molecule has 2 aliphatic rings. The molecule has 1 atom stereocenters. The first kappa shape index (κ1) is 16.8. The third kappa shape index (κ3) is 3.36. The van der Waals surface area contributed by atoms with Crippen molar-refractivity contribution < 1.29 is 9.59 Å². The summed E-state index contributed by atoms with van der Waals surface area (Å²) in [6.07, 6.45) is 6.64. The fraction of sp³-hybridized carbons (Fsp3) is 0.450. The number of fused-ring (bicyclic) bond motifs is 1. The largest absolute Gasteiger partial charge is 0.342 e. The third-order valence-corrected chi connectivity index (χ3v) is 5.36. The second-order valence-corrected chi connectivity index (χ2v) is 7.13. The molecule has 0 saturated carbocycles. The van der Waals surface area contributed by atoms with E-state index in [0.717, 1.165) is 43.7 Å². The van der Waals surface area contributed by atoms with Gasteiger partial charge in [-0.2, -0.15) is 0 Å². The number of aromatic nitrogens is 2. The Morgan fingerprint density at radius 2 is 1.85 bits per heavy atom. The van der Waals surface area contributed by atoms with E-state index in [-0.39, 0.29) is 17.7 Å². The lowest BCUT2D eigenvalue weighted by molar-refractivity contribution is -0.137. The summed E-state index contributed by atoms with van der Waals surface area (Å²) in [6, 6.07) is 9.39. The standard InChI is InChI=1S/C20H24N4O2/c25-19(22-16-7-3-1-4-8-16)18-17-10-9-15(13-24(17)14-21-18)20(26)23-11-5-2-6-12-23/h1,3-4,7-8,14-15H,2,5-6,9-13H2,(H,22,25). The summed E-state index contributed by atoms with van der Waals surface area (Å²) in [6.45, 7) is 2.39. The molecule has 26 heavy (non-hydrogen) atoms. The highest BCUT2D eigenvalue weighted by atomic mass is 16.2. The first-order chi connectivity index (χ1) is 12.7. The van der Waals surface area contributed by atoms with E-state index < -0.39 is 0 Å². The van der Waals surface area contributed by atoms with Crippen LogP contribution >= 0.6 is 0 Å². The molecule has 1 N–H and O–H groups in total. The van der Waals surface area contributed by atoms with Crippen molar-refractivity contribution in [1.29, 1.82) is 0 Å². The van der Waals surface area contributed by atoms with E-state index in [1.165, 1.54) is 6.42 Å². The van der Waals surface area contributed by atoms with Crippen molar-refractivity contribution in [3.05, 3.63) is 48.0 Å². The molecule has 4 rings (SSSR count). The average molecular weight is 352 g/mol. The third-order valence-electron chi connectivity index (χ3n) is 5.36. The maximum Gasteiger partial charge on any atom is 0.276 e. The lowest BCUT2D eigenvalue weighted by atomic mass is 9.94. The summed E-state index contributed by atoms with van der Waals surface area (Å²) in [4.78, 5) is 31.6. The van der Waals surface area contributed by atoms with Gasteiger partial charge in [0.25, 0.3) is 5.91 Å². The number of carbonyl (C=O) groups excluding carboxylic acids is 2. The smallest absolute Gasteiger partial charge is 0.276 e. The van der Waals surface area contributed by atoms with Gasteiger partial charge in [0.1, 0.15) is 5.69 Å². The van der Waals surface area contributed by atoms with Gasteiger partial charge in [0.05, 0.1) is 17.9 Å². The van der Waals surface area contributed by atoms with Crippen LogP contribution in [0.25, 0.3) is 0 Å². The van der Waals surface area contributed by atoms with E-state index in [9.17, 15) is 9.59 Å². The number of anilines is 1. The monoisotopic (exact) mass is 352 g/mol. The average Bonchev–Trinajstić information content (AvgIpc) is 3.12. The number of benzene rings is 1. The van der Waals surface area contributed by atoms with Crippen LogP contribution in [0.3, 0.4) is 0 Å². The van der Waals surface area contributed by atoms with Crippen molar-refractivity contribution in [3.63, 3.8) is 0 Å². The second kappa shape index (κ2) is 7.32. The molecule has 1 aromatic heterocycles. The minimum Gasteiger partial charge on any atom is -0.342 e. The maximum atomic E-state index is 12.8. The molecule has 1 unspecified atom stereocenters. The number of rotatable bonds is 3. The number of nitrogens with one attached hydrogen (secondary N) is 1. The molecule has 3 heterocycles. The number of nitrogens with zero attached hydrogens (tertiary/aromatic N) is 3. The van der Waals surface area contributed by atoms with Gasteiger partial charge in [-0.3, -0.25) is 9.59 Å². The van der Waals surface area contributed by atoms with Crippen LogP contribution in [0.2, 0.25) is 0 Å². The Morgan fingerprint density at radius 1 is 1.08 bits per heavy atom. The van der Waals surface area contributed by atoms with Gasteiger partial charge in [-0.15, -0.1) is 0 Å². The fourth-order valence-electron chi connectivity index (χ4n) is 3.94. The summed E-state index contributed by atoms with van der Waals surface area (Å²) in [5.41, 5.74) is 2.16. The van der Waals surface area contributed by atoms with E-state index in [0.29, 0.717) is 18.7 Å². The zero-order chi connectivity index (χ0) is 17.9. The van der Waals surface area contributed by atoms with Crippen molar-refractivity contribution in [2.45, 2.75) is 38.6 Å². The van der Waals surface area contributed by atoms with E-state index >= 15 is 0 Å². The van der Waals surface area contributed by atoms with Crippen molar-refractivity contribution in [2.75, 3.05) is 18.4 Å². The van der Waals surface area contributed by atoms with Crippen LogP contribution in [0.15, 0.2) is 36.7 Å². The van der Waals surface area contributed by atoms with Crippen molar-refractivity contribution in [3.8, 4) is 0 Å². The molecule has 0 radical (unpaired) electrons. The number of amides is 2. The Morgan fingerprint density at radius 3 is 2.62 bits per heavy atom.